The van der Waals surface area contributed by atoms with Crippen LogP contribution in [-0.4, -0.2) is 138 Å². The van der Waals surface area contributed by atoms with Crippen LogP contribution in [0, 0.1) is 22.7 Å². The highest BCUT2D eigenvalue weighted by atomic mass is 19.3. The number of benzene rings is 2. The molecule has 0 saturated carbocycles. The number of hydrogen-bond acceptors (Lipinski definition) is 11. The van der Waals surface area contributed by atoms with Gasteiger partial charge in [-0.15, -0.1) is 0 Å². The van der Waals surface area contributed by atoms with E-state index in [9.17, 15) is 33.4 Å². The van der Waals surface area contributed by atoms with Gasteiger partial charge in [-0.2, -0.15) is 0 Å². The van der Waals surface area contributed by atoms with Crippen LogP contribution in [0.3, 0.4) is 0 Å². The van der Waals surface area contributed by atoms with Crippen molar-refractivity contribution < 1.29 is 23.2 Å². The quantitative estimate of drug-likeness (QED) is 0.0710. The number of carbonyl (C=O) groups is 3. The number of allylic oxidation sites excluding steroid dienone is 1. The summed E-state index contributed by atoms with van der Waals surface area (Å²) in [6.07, 6.45) is 7.95. The molecule has 18 heteroatoms. The normalized spacial score (nSPS) is 22.8. The van der Waals surface area contributed by atoms with Crippen LogP contribution < -0.4 is 31.9 Å². The summed E-state index contributed by atoms with van der Waals surface area (Å²) in [5, 5.41) is 30.2. The van der Waals surface area contributed by atoms with Crippen LogP contribution in [0.5, 0.6) is 0 Å². The molecule has 5 aliphatic heterocycles. The monoisotopic (exact) mass is 927 g/mol. The number of hydrogen-bond donors (Lipinski definition) is 6. The van der Waals surface area contributed by atoms with E-state index in [0.29, 0.717) is 72.6 Å². The molecule has 4 fully saturated rings. The summed E-state index contributed by atoms with van der Waals surface area (Å²) in [7, 11) is 3.39. The van der Waals surface area contributed by atoms with Gasteiger partial charge in [0.05, 0.1) is 11.0 Å². The van der Waals surface area contributed by atoms with Gasteiger partial charge in [-0.05, 0) is 144 Å². The Labute approximate surface area is 391 Å². The first kappa shape index (κ1) is 48.0. The number of aromatic nitrogens is 2. The first-order valence-electron chi connectivity index (χ1n) is 24.3. The van der Waals surface area contributed by atoms with Gasteiger partial charge in [0.1, 0.15) is 11.9 Å². The Kier molecular flexibility index (Phi) is 15.2. The molecule has 362 valence electrons. The third-order valence-electron chi connectivity index (χ3n) is 15.0. The molecule has 1 aromatic heterocycles. The van der Waals surface area contributed by atoms with E-state index < -0.39 is 18.4 Å². The minimum Gasteiger partial charge on any atom is -0.393 e. The van der Waals surface area contributed by atoms with Crippen LogP contribution in [0.2, 0.25) is 0 Å². The SMILES string of the molecule is CN/C=C(\C=N)c1cc2c(cc1C(F)F)N(C(=N)C1CN(C(C)=O)CCC1NC1CCN(CCCN3CCC(CNc4ccc5c(c4)n(C)c(=O)n5C4CCC(=O)NC4=O)CC3)CC1)CCC2. The van der Waals surface area contributed by atoms with E-state index in [1.54, 1.807) is 37.9 Å². The Balaban J connectivity index is 0.790. The van der Waals surface area contributed by atoms with Crippen LogP contribution in [0.4, 0.5) is 20.2 Å². The predicted octanol–water partition coefficient (Wildman–Crippen LogP) is 4.70. The average Bonchev–Trinajstić information content (AvgIpc) is 3.57. The lowest BCUT2D eigenvalue weighted by atomic mass is 9.86. The van der Waals surface area contributed by atoms with Crippen LogP contribution in [0.1, 0.15) is 93.9 Å². The van der Waals surface area contributed by atoms with Crippen LogP contribution >= 0.6 is 0 Å². The molecule has 3 aromatic rings. The molecule has 16 nitrogen and oxygen atoms in total. The molecule has 0 bridgehead atoms. The highest BCUT2D eigenvalue weighted by Gasteiger charge is 2.39. The van der Waals surface area contributed by atoms with Crippen LogP contribution in [0.15, 0.2) is 41.3 Å². The van der Waals surface area contributed by atoms with Gasteiger partial charge in [0.2, 0.25) is 17.7 Å². The lowest BCUT2D eigenvalue weighted by Gasteiger charge is -2.45. The molecule has 6 heterocycles. The minimum atomic E-state index is -2.75. The third kappa shape index (κ3) is 10.7. The van der Waals surface area contributed by atoms with Gasteiger partial charge in [0, 0.05) is 107 Å². The number of alkyl halides is 2. The Morgan fingerprint density at radius 3 is 2.33 bits per heavy atom. The van der Waals surface area contributed by atoms with E-state index in [-0.39, 0.29) is 41.4 Å². The lowest BCUT2D eigenvalue weighted by molar-refractivity contribution is -0.136. The minimum absolute atomic E-state index is 0.0151. The average molecular weight is 927 g/mol. The van der Waals surface area contributed by atoms with Gasteiger partial charge in [0.15, 0.2) is 0 Å². The smallest absolute Gasteiger partial charge is 0.329 e. The number of likely N-dealkylation sites (tertiary alicyclic amines) is 3. The van der Waals surface area contributed by atoms with Gasteiger partial charge in [-0.3, -0.25) is 34.2 Å². The van der Waals surface area contributed by atoms with E-state index in [1.165, 1.54) is 10.6 Å². The van der Waals surface area contributed by atoms with E-state index in [2.05, 4.69) is 31.1 Å². The van der Waals surface area contributed by atoms with Gasteiger partial charge in [0.25, 0.3) is 6.43 Å². The summed E-state index contributed by atoms with van der Waals surface area (Å²) >= 11 is 0. The number of imidazole rings is 1. The van der Waals surface area contributed by atoms with E-state index in [0.717, 1.165) is 114 Å². The summed E-state index contributed by atoms with van der Waals surface area (Å²) in [5.74, 6) is -0.141. The molecule has 67 heavy (non-hydrogen) atoms. The highest BCUT2D eigenvalue weighted by molar-refractivity contribution is 6.09. The first-order valence-corrected chi connectivity index (χ1v) is 24.3. The Morgan fingerprint density at radius 1 is 0.925 bits per heavy atom. The molecule has 4 saturated heterocycles. The summed E-state index contributed by atoms with van der Waals surface area (Å²) in [4.78, 5) is 58.9. The number of piperidine rings is 4. The zero-order chi connectivity index (χ0) is 47.4. The molecule has 2 aromatic carbocycles. The van der Waals surface area contributed by atoms with Crippen LogP contribution in [0.25, 0.3) is 16.6 Å². The maximum atomic E-state index is 14.6. The van der Waals surface area contributed by atoms with E-state index >= 15 is 0 Å². The number of amides is 3. The van der Waals surface area contributed by atoms with Crippen molar-refractivity contribution in [3.05, 3.63) is 63.7 Å². The molecule has 0 aliphatic carbocycles. The third-order valence-corrected chi connectivity index (χ3v) is 15.0. The molecule has 3 atom stereocenters. The van der Waals surface area contributed by atoms with Gasteiger partial charge < -0.3 is 41.0 Å². The fourth-order valence-corrected chi connectivity index (χ4v) is 11.1. The Bertz CT molecular complexity index is 2420. The maximum absolute atomic E-state index is 14.6. The second-order valence-corrected chi connectivity index (χ2v) is 19.2. The molecule has 3 amide bonds. The summed E-state index contributed by atoms with van der Waals surface area (Å²) in [6.45, 7) is 10.3. The van der Waals surface area contributed by atoms with Gasteiger partial charge in [-0.1, -0.05) is 0 Å². The molecular formula is C49H68F2N12O4. The summed E-state index contributed by atoms with van der Waals surface area (Å²) in [5.41, 5.74) is 4.16. The number of aryl methyl sites for hydroxylation is 2. The zero-order valence-corrected chi connectivity index (χ0v) is 39.2. The molecule has 5 aliphatic rings. The second-order valence-electron chi connectivity index (χ2n) is 19.2. The number of anilines is 2. The molecule has 3 unspecified atom stereocenters. The van der Waals surface area contributed by atoms with Crippen molar-refractivity contribution in [2.45, 2.75) is 95.7 Å². The Hall–Kier alpha value is -5.46. The number of rotatable bonds is 15. The fraction of sp³-hybridized carbons (Fsp3) is 0.592. The van der Waals surface area contributed by atoms with Crippen molar-refractivity contribution in [2.75, 3.05) is 82.7 Å². The van der Waals surface area contributed by atoms with E-state index in [1.807, 2.05) is 28.0 Å². The topological polar surface area (TPSA) is 187 Å². The van der Waals surface area contributed by atoms with Crippen molar-refractivity contribution >= 4 is 57.8 Å². The molecular weight excluding hydrogens is 859 g/mol. The maximum Gasteiger partial charge on any atom is 0.329 e. The number of nitrogens with one attached hydrogen (secondary N) is 6. The molecule has 8 rings (SSSR count). The molecule has 0 radical (unpaired) electrons. The van der Waals surface area contributed by atoms with Crippen molar-refractivity contribution in [3.63, 3.8) is 0 Å². The summed E-state index contributed by atoms with van der Waals surface area (Å²) in [6, 6.07) is 8.68. The Morgan fingerprint density at radius 2 is 1.66 bits per heavy atom. The van der Waals surface area contributed by atoms with Crippen molar-refractivity contribution in [1.29, 1.82) is 10.8 Å². The van der Waals surface area contributed by atoms with Gasteiger partial charge in [-0.25, -0.2) is 13.6 Å². The van der Waals surface area contributed by atoms with Crippen molar-refractivity contribution in [3.8, 4) is 0 Å². The number of amidine groups is 1. The summed E-state index contributed by atoms with van der Waals surface area (Å²) < 4.78 is 32.2. The number of halogens is 2. The number of fused-ring (bicyclic) bond motifs is 2. The van der Waals surface area contributed by atoms with Crippen LogP contribution in [-0.2, 0) is 27.9 Å². The first-order chi connectivity index (χ1) is 32.3. The second kappa shape index (κ2) is 21.2. The lowest BCUT2D eigenvalue weighted by Crippen LogP contribution is -2.59. The molecule has 6 N–H and O–H groups in total. The predicted molar refractivity (Wildman–Crippen MR) is 258 cm³/mol. The van der Waals surface area contributed by atoms with Gasteiger partial charge >= 0.3 is 5.69 Å². The number of carbonyl (C=O) groups excluding carboxylic acids is 3. The molecule has 0 spiro atoms. The highest BCUT2D eigenvalue weighted by Crippen LogP contribution is 2.38. The van der Waals surface area contributed by atoms with Crippen molar-refractivity contribution in [1.82, 2.24) is 39.8 Å². The van der Waals surface area contributed by atoms with E-state index in [4.69, 9.17) is 5.41 Å². The number of imide groups is 1. The zero-order valence-electron chi connectivity index (χ0n) is 39.2. The van der Waals surface area contributed by atoms with Crippen molar-refractivity contribution in [2.24, 2.45) is 18.9 Å². The standard InChI is InChI=1S/C49H68F2N12O4/c1-31(64)61-23-15-40(39(30-61)47(53)62-18-4-6-33-24-37(34(27-52)29-54-2)38(46(50)51)26-43(33)62)56-35-13-21-60(22-14-35)17-5-16-59-19-11-32(12-20-59)28-55-36-7-8-41-44(25-36)58(3)49(67)63(41)42-9-10-45(65)57-48(42)66/h7-8,24-27,29,32,35,39-40,42,46,52-56H,4-6,9-23,28,30H2,1-3H3,(H,57,65,66)/b34-29+,52-27?,53-47?. The fourth-order valence-electron chi connectivity index (χ4n) is 11.1. The number of nitrogens with zero attached hydrogens (tertiary/aromatic N) is 6. The largest absolute Gasteiger partial charge is 0.393 e.